The molecule has 5 heteroatoms. The lowest BCUT2D eigenvalue weighted by molar-refractivity contribution is -0.119. The SMILES string of the molecule is CC(=O)NCCN1C(=O)c2ccc(C(C)(C)C)cc2C1C#N. The minimum absolute atomic E-state index is 0.0400. The van der Waals surface area contributed by atoms with E-state index in [0.29, 0.717) is 18.7 Å². The highest BCUT2D eigenvalue weighted by Crippen LogP contribution is 2.35. The Morgan fingerprint density at radius 1 is 1.41 bits per heavy atom. The summed E-state index contributed by atoms with van der Waals surface area (Å²) in [6.07, 6.45) is 0. The molecule has 1 N–H and O–H groups in total. The molecule has 5 nitrogen and oxygen atoms in total. The van der Waals surface area contributed by atoms with E-state index in [1.54, 1.807) is 6.07 Å². The summed E-state index contributed by atoms with van der Waals surface area (Å²) in [5.41, 5.74) is 2.41. The summed E-state index contributed by atoms with van der Waals surface area (Å²) in [5.74, 6) is -0.292. The Labute approximate surface area is 130 Å². The van der Waals surface area contributed by atoms with E-state index in [9.17, 15) is 14.9 Å². The van der Waals surface area contributed by atoms with Gasteiger partial charge in [-0.2, -0.15) is 5.26 Å². The van der Waals surface area contributed by atoms with Crippen LogP contribution in [-0.4, -0.2) is 29.8 Å². The second kappa shape index (κ2) is 5.80. The molecule has 0 spiro atoms. The molecule has 1 aliphatic rings. The maximum Gasteiger partial charge on any atom is 0.255 e. The lowest BCUT2D eigenvalue weighted by atomic mass is 9.85. The Morgan fingerprint density at radius 3 is 2.64 bits per heavy atom. The molecule has 0 radical (unpaired) electrons. The Kier molecular flexibility index (Phi) is 4.23. The van der Waals surface area contributed by atoms with Gasteiger partial charge in [-0.3, -0.25) is 9.59 Å². The smallest absolute Gasteiger partial charge is 0.255 e. The van der Waals surface area contributed by atoms with Crippen molar-refractivity contribution in [2.75, 3.05) is 13.1 Å². The summed E-state index contributed by atoms with van der Waals surface area (Å²) in [4.78, 5) is 24.9. The predicted octanol–water partition coefficient (Wildman–Crippen LogP) is 2.14. The van der Waals surface area contributed by atoms with E-state index >= 15 is 0 Å². The van der Waals surface area contributed by atoms with Crippen LogP contribution in [0.1, 0.15) is 55.2 Å². The number of hydrogen-bond acceptors (Lipinski definition) is 3. The molecule has 2 rings (SSSR count). The number of benzene rings is 1. The van der Waals surface area contributed by atoms with Crippen molar-refractivity contribution in [3.05, 3.63) is 34.9 Å². The average molecular weight is 299 g/mol. The molecule has 1 atom stereocenters. The van der Waals surface area contributed by atoms with Gasteiger partial charge >= 0.3 is 0 Å². The molecule has 0 bridgehead atoms. The van der Waals surface area contributed by atoms with Crippen molar-refractivity contribution >= 4 is 11.8 Å². The first-order valence-electron chi connectivity index (χ1n) is 7.35. The van der Waals surface area contributed by atoms with Crippen LogP contribution in [0, 0.1) is 11.3 Å². The zero-order chi connectivity index (χ0) is 16.5. The zero-order valence-electron chi connectivity index (χ0n) is 13.4. The van der Waals surface area contributed by atoms with Gasteiger partial charge in [-0.05, 0) is 17.0 Å². The topological polar surface area (TPSA) is 73.2 Å². The highest BCUT2D eigenvalue weighted by molar-refractivity contribution is 5.99. The Morgan fingerprint density at radius 2 is 2.09 bits per heavy atom. The fraction of sp³-hybridized carbons (Fsp3) is 0.471. The van der Waals surface area contributed by atoms with Crippen LogP contribution < -0.4 is 5.32 Å². The molecule has 1 unspecified atom stereocenters. The number of nitrogens with zero attached hydrogens (tertiary/aromatic N) is 2. The third-order valence-corrected chi connectivity index (χ3v) is 3.86. The number of fused-ring (bicyclic) bond motifs is 1. The molecule has 0 fully saturated rings. The standard InChI is InChI=1S/C17H21N3O2/c1-11(21)19-7-8-20-15(10-18)14-9-12(17(2,3)4)5-6-13(14)16(20)22/h5-6,9,15H,7-8H2,1-4H3,(H,19,21). The molecule has 0 aliphatic carbocycles. The van der Waals surface area contributed by atoms with Gasteiger partial charge in [-0.25, -0.2) is 0 Å². The van der Waals surface area contributed by atoms with E-state index in [4.69, 9.17) is 0 Å². The predicted molar refractivity (Wildman–Crippen MR) is 83.2 cm³/mol. The molecule has 116 valence electrons. The zero-order valence-corrected chi connectivity index (χ0v) is 13.4. The number of hydrogen-bond donors (Lipinski definition) is 1. The molecule has 2 amide bonds. The third-order valence-electron chi connectivity index (χ3n) is 3.86. The van der Waals surface area contributed by atoms with Gasteiger partial charge in [-0.1, -0.05) is 32.9 Å². The van der Waals surface area contributed by atoms with E-state index in [-0.39, 0.29) is 17.2 Å². The number of nitrogens with one attached hydrogen (secondary N) is 1. The highest BCUT2D eigenvalue weighted by Gasteiger charge is 2.37. The fourth-order valence-electron chi connectivity index (χ4n) is 2.61. The molecule has 0 saturated carbocycles. The third kappa shape index (κ3) is 2.96. The quantitative estimate of drug-likeness (QED) is 0.929. The van der Waals surface area contributed by atoms with Crippen LogP contribution in [0.4, 0.5) is 0 Å². The summed E-state index contributed by atoms with van der Waals surface area (Å²) in [6.45, 7) is 8.40. The van der Waals surface area contributed by atoms with Crippen LogP contribution in [0.15, 0.2) is 18.2 Å². The van der Waals surface area contributed by atoms with Crippen LogP contribution >= 0.6 is 0 Å². The monoisotopic (exact) mass is 299 g/mol. The van der Waals surface area contributed by atoms with Crippen molar-refractivity contribution in [3.8, 4) is 6.07 Å². The minimum atomic E-state index is -0.585. The van der Waals surface area contributed by atoms with Gasteiger partial charge in [0.05, 0.1) is 6.07 Å². The Balaban J connectivity index is 2.30. The average Bonchev–Trinajstić information content (AvgIpc) is 2.70. The normalized spacial score (nSPS) is 17.1. The van der Waals surface area contributed by atoms with Crippen LogP contribution in [0.25, 0.3) is 0 Å². The van der Waals surface area contributed by atoms with Gasteiger partial charge in [0, 0.05) is 31.1 Å². The minimum Gasteiger partial charge on any atom is -0.355 e. The van der Waals surface area contributed by atoms with E-state index in [1.807, 2.05) is 12.1 Å². The first-order chi connectivity index (χ1) is 10.3. The van der Waals surface area contributed by atoms with E-state index in [2.05, 4.69) is 32.2 Å². The summed E-state index contributed by atoms with van der Waals surface area (Å²) >= 11 is 0. The largest absolute Gasteiger partial charge is 0.355 e. The number of nitriles is 1. The maximum atomic E-state index is 12.5. The summed E-state index contributed by atoms with van der Waals surface area (Å²) in [6, 6.07) is 7.34. The molecule has 0 saturated heterocycles. The summed E-state index contributed by atoms with van der Waals surface area (Å²) in [7, 11) is 0. The van der Waals surface area contributed by atoms with E-state index in [0.717, 1.165) is 11.1 Å². The van der Waals surface area contributed by atoms with E-state index in [1.165, 1.54) is 11.8 Å². The van der Waals surface area contributed by atoms with Gasteiger partial charge in [0.25, 0.3) is 5.91 Å². The number of carbonyl (C=O) groups excluding carboxylic acids is 2. The lowest BCUT2D eigenvalue weighted by Gasteiger charge is -2.21. The van der Waals surface area contributed by atoms with E-state index < -0.39 is 6.04 Å². The van der Waals surface area contributed by atoms with Crippen molar-refractivity contribution in [2.24, 2.45) is 0 Å². The molecule has 1 aliphatic heterocycles. The number of carbonyl (C=O) groups is 2. The van der Waals surface area contributed by atoms with Crippen LogP contribution in [-0.2, 0) is 10.2 Å². The van der Waals surface area contributed by atoms with Gasteiger partial charge in [0.15, 0.2) is 0 Å². The van der Waals surface area contributed by atoms with Crippen molar-refractivity contribution in [2.45, 2.75) is 39.2 Å². The Hall–Kier alpha value is -2.35. The fourth-order valence-corrected chi connectivity index (χ4v) is 2.61. The van der Waals surface area contributed by atoms with Crippen molar-refractivity contribution in [3.63, 3.8) is 0 Å². The van der Waals surface area contributed by atoms with Gasteiger partial charge in [-0.15, -0.1) is 0 Å². The van der Waals surface area contributed by atoms with Gasteiger partial charge in [0.1, 0.15) is 6.04 Å². The number of amides is 2. The molecule has 1 aromatic carbocycles. The molecule has 1 aromatic rings. The lowest BCUT2D eigenvalue weighted by Crippen LogP contribution is -2.36. The van der Waals surface area contributed by atoms with Crippen molar-refractivity contribution < 1.29 is 9.59 Å². The molecular formula is C17H21N3O2. The molecule has 22 heavy (non-hydrogen) atoms. The number of rotatable bonds is 3. The molecular weight excluding hydrogens is 278 g/mol. The second-order valence-electron chi connectivity index (χ2n) is 6.57. The summed E-state index contributed by atoms with van der Waals surface area (Å²) < 4.78 is 0. The first-order valence-corrected chi connectivity index (χ1v) is 7.35. The second-order valence-corrected chi connectivity index (χ2v) is 6.57. The van der Waals surface area contributed by atoms with Crippen LogP contribution in [0.3, 0.4) is 0 Å². The summed E-state index contributed by atoms with van der Waals surface area (Å²) in [5, 5.41) is 12.1. The van der Waals surface area contributed by atoms with Crippen LogP contribution in [0.2, 0.25) is 0 Å². The van der Waals surface area contributed by atoms with Gasteiger partial charge in [0.2, 0.25) is 5.91 Å². The van der Waals surface area contributed by atoms with Crippen molar-refractivity contribution in [1.29, 1.82) is 5.26 Å². The maximum absolute atomic E-state index is 12.5. The molecule has 1 heterocycles. The Bertz CT molecular complexity index is 653. The first kappa shape index (κ1) is 16.0. The van der Waals surface area contributed by atoms with Gasteiger partial charge < -0.3 is 10.2 Å². The highest BCUT2D eigenvalue weighted by atomic mass is 16.2. The molecule has 0 aromatic heterocycles. The van der Waals surface area contributed by atoms with Crippen LogP contribution in [0.5, 0.6) is 0 Å². The van der Waals surface area contributed by atoms with Crippen molar-refractivity contribution in [1.82, 2.24) is 10.2 Å².